The first-order valence-electron chi connectivity index (χ1n) is 7.49. The number of nitrogens with zero attached hydrogens (tertiary/aromatic N) is 1. The van der Waals surface area contributed by atoms with Crippen LogP contribution in [0.1, 0.15) is 28.9 Å². The summed E-state index contributed by atoms with van der Waals surface area (Å²) in [5, 5.41) is 7.02. The molecule has 0 saturated carbocycles. The minimum absolute atomic E-state index is 0.158. The van der Waals surface area contributed by atoms with Crippen molar-refractivity contribution in [3.8, 4) is 0 Å². The molecule has 2 rings (SSSR count). The molecule has 0 fully saturated rings. The predicted molar refractivity (Wildman–Crippen MR) is 88.3 cm³/mol. The van der Waals surface area contributed by atoms with E-state index in [1.54, 1.807) is 0 Å². The van der Waals surface area contributed by atoms with Crippen molar-refractivity contribution in [3.63, 3.8) is 0 Å². The van der Waals surface area contributed by atoms with E-state index < -0.39 is 10.0 Å². The van der Waals surface area contributed by atoms with E-state index >= 15 is 0 Å². The standard InChI is InChI=1S/C16H23N3O2S/c1-13-16(14(2)19-18-13)10-11-17-22(20,21)12-6-9-15-7-4-3-5-8-15/h3-5,7-8,17H,6,9-12H2,1-2H3,(H,18,19). The van der Waals surface area contributed by atoms with Gasteiger partial charge in [-0.25, -0.2) is 13.1 Å². The molecule has 0 atom stereocenters. The number of H-pyrrole nitrogens is 1. The minimum Gasteiger partial charge on any atom is -0.282 e. The highest BCUT2D eigenvalue weighted by Crippen LogP contribution is 2.09. The lowest BCUT2D eigenvalue weighted by atomic mass is 10.1. The number of nitrogens with one attached hydrogen (secondary N) is 2. The molecule has 0 amide bonds. The molecule has 0 bridgehead atoms. The smallest absolute Gasteiger partial charge is 0.211 e. The minimum atomic E-state index is -3.21. The van der Waals surface area contributed by atoms with Gasteiger partial charge in [0.15, 0.2) is 0 Å². The Bertz CT molecular complexity index is 674. The quantitative estimate of drug-likeness (QED) is 0.782. The van der Waals surface area contributed by atoms with E-state index in [0.29, 0.717) is 19.4 Å². The second-order valence-electron chi connectivity index (χ2n) is 5.46. The van der Waals surface area contributed by atoms with Crippen LogP contribution in [0.3, 0.4) is 0 Å². The molecule has 0 aliphatic rings. The van der Waals surface area contributed by atoms with E-state index in [0.717, 1.165) is 23.4 Å². The molecular formula is C16H23N3O2S. The first-order valence-corrected chi connectivity index (χ1v) is 9.15. The predicted octanol–water partition coefficient (Wildman–Crippen LogP) is 2.12. The maximum Gasteiger partial charge on any atom is 0.211 e. The van der Waals surface area contributed by atoms with Crippen LogP contribution < -0.4 is 4.72 Å². The Labute approximate surface area is 132 Å². The van der Waals surface area contributed by atoms with Gasteiger partial charge in [0.25, 0.3) is 0 Å². The van der Waals surface area contributed by atoms with Crippen LogP contribution in [0.5, 0.6) is 0 Å². The SMILES string of the molecule is Cc1n[nH]c(C)c1CCNS(=O)(=O)CCCc1ccccc1. The lowest BCUT2D eigenvalue weighted by molar-refractivity contribution is 0.578. The van der Waals surface area contributed by atoms with E-state index in [4.69, 9.17) is 0 Å². The number of aromatic nitrogens is 2. The van der Waals surface area contributed by atoms with Gasteiger partial charge in [0, 0.05) is 12.2 Å². The fourth-order valence-electron chi connectivity index (χ4n) is 2.46. The van der Waals surface area contributed by atoms with Crippen LogP contribution in [-0.2, 0) is 22.9 Å². The number of hydrogen-bond donors (Lipinski definition) is 2. The van der Waals surface area contributed by atoms with Gasteiger partial charge in [-0.1, -0.05) is 30.3 Å². The van der Waals surface area contributed by atoms with Crippen molar-refractivity contribution < 1.29 is 8.42 Å². The molecule has 22 heavy (non-hydrogen) atoms. The molecule has 1 aromatic heterocycles. The summed E-state index contributed by atoms with van der Waals surface area (Å²) in [5.41, 5.74) is 4.19. The topological polar surface area (TPSA) is 74.8 Å². The van der Waals surface area contributed by atoms with Crippen LogP contribution in [-0.4, -0.2) is 30.9 Å². The van der Waals surface area contributed by atoms with Gasteiger partial charge in [-0.15, -0.1) is 0 Å². The molecule has 120 valence electrons. The molecule has 0 radical (unpaired) electrons. The maximum atomic E-state index is 12.0. The van der Waals surface area contributed by atoms with Crippen molar-refractivity contribution in [2.24, 2.45) is 0 Å². The summed E-state index contributed by atoms with van der Waals surface area (Å²) in [6.45, 7) is 4.28. The van der Waals surface area contributed by atoms with Gasteiger partial charge in [-0.05, 0) is 44.2 Å². The summed E-state index contributed by atoms with van der Waals surface area (Å²) < 4.78 is 26.6. The third-order valence-corrected chi connectivity index (χ3v) is 5.17. The van der Waals surface area contributed by atoms with Crippen molar-refractivity contribution in [2.75, 3.05) is 12.3 Å². The summed E-state index contributed by atoms with van der Waals surface area (Å²) >= 11 is 0. The summed E-state index contributed by atoms with van der Waals surface area (Å²) in [7, 11) is -3.21. The number of benzene rings is 1. The monoisotopic (exact) mass is 321 g/mol. The first kappa shape index (κ1) is 16.7. The fraction of sp³-hybridized carbons (Fsp3) is 0.438. The van der Waals surface area contributed by atoms with Gasteiger partial charge >= 0.3 is 0 Å². The molecule has 1 aromatic carbocycles. The number of hydrogen-bond acceptors (Lipinski definition) is 3. The summed E-state index contributed by atoms with van der Waals surface area (Å²) in [6.07, 6.45) is 2.07. The summed E-state index contributed by atoms with van der Waals surface area (Å²) in [6, 6.07) is 9.94. The Hall–Kier alpha value is -1.66. The van der Waals surface area contributed by atoms with Gasteiger partial charge in [0.1, 0.15) is 0 Å². The largest absolute Gasteiger partial charge is 0.282 e. The molecule has 1 heterocycles. The van der Waals surface area contributed by atoms with Gasteiger partial charge in [0.05, 0.1) is 11.4 Å². The van der Waals surface area contributed by atoms with Gasteiger partial charge in [-0.3, -0.25) is 5.10 Å². The van der Waals surface area contributed by atoms with E-state index in [1.807, 2.05) is 44.2 Å². The first-order chi connectivity index (χ1) is 10.5. The number of aryl methyl sites for hydroxylation is 3. The lowest BCUT2D eigenvalue weighted by Crippen LogP contribution is -2.28. The second kappa shape index (κ2) is 7.56. The number of sulfonamides is 1. The molecule has 0 aliphatic carbocycles. The molecule has 2 N–H and O–H groups in total. The van der Waals surface area contributed by atoms with E-state index in [1.165, 1.54) is 5.56 Å². The normalized spacial score (nSPS) is 11.7. The zero-order valence-electron chi connectivity index (χ0n) is 13.1. The average Bonchev–Trinajstić information content (AvgIpc) is 2.80. The number of rotatable bonds is 8. The third-order valence-electron chi connectivity index (χ3n) is 3.70. The lowest BCUT2D eigenvalue weighted by Gasteiger charge is -2.07. The van der Waals surface area contributed by atoms with Crippen LogP contribution in [0.2, 0.25) is 0 Å². The summed E-state index contributed by atoms with van der Waals surface area (Å²) in [4.78, 5) is 0. The Morgan fingerprint density at radius 1 is 1.14 bits per heavy atom. The van der Waals surface area contributed by atoms with Crippen molar-refractivity contribution in [1.29, 1.82) is 0 Å². The zero-order valence-corrected chi connectivity index (χ0v) is 13.9. The van der Waals surface area contributed by atoms with E-state index in [2.05, 4.69) is 14.9 Å². The molecule has 0 aliphatic heterocycles. The molecule has 0 saturated heterocycles. The molecule has 0 spiro atoms. The highest BCUT2D eigenvalue weighted by Gasteiger charge is 2.11. The van der Waals surface area contributed by atoms with Crippen LogP contribution in [0, 0.1) is 13.8 Å². The molecule has 2 aromatic rings. The van der Waals surface area contributed by atoms with Crippen LogP contribution in [0.4, 0.5) is 0 Å². The maximum absolute atomic E-state index is 12.0. The molecule has 5 nitrogen and oxygen atoms in total. The van der Waals surface area contributed by atoms with Gasteiger partial charge in [0.2, 0.25) is 10.0 Å². The molecule has 0 unspecified atom stereocenters. The van der Waals surface area contributed by atoms with Crippen LogP contribution >= 0.6 is 0 Å². The Kier molecular flexibility index (Phi) is 5.74. The van der Waals surface area contributed by atoms with Crippen molar-refractivity contribution in [1.82, 2.24) is 14.9 Å². The third kappa shape index (κ3) is 4.96. The van der Waals surface area contributed by atoms with Crippen LogP contribution in [0.25, 0.3) is 0 Å². The Morgan fingerprint density at radius 3 is 2.50 bits per heavy atom. The highest BCUT2D eigenvalue weighted by atomic mass is 32.2. The van der Waals surface area contributed by atoms with Crippen molar-refractivity contribution in [3.05, 3.63) is 52.8 Å². The number of aromatic amines is 1. The fourth-order valence-corrected chi connectivity index (χ4v) is 3.54. The molecule has 6 heteroatoms. The zero-order chi connectivity index (χ0) is 16.0. The van der Waals surface area contributed by atoms with Crippen LogP contribution in [0.15, 0.2) is 30.3 Å². The average molecular weight is 321 g/mol. The van der Waals surface area contributed by atoms with Crippen molar-refractivity contribution >= 4 is 10.0 Å². The Morgan fingerprint density at radius 2 is 1.86 bits per heavy atom. The van der Waals surface area contributed by atoms with E-state index in [9.17, 15) is 8.42 Å². The summed E-state index contributed by atoms with van der Waals surface area (Å²) in [5.74, 6) is 0.158. The second-order valence-corrected chi connectivity index (χ2v) is 7.39. The van der Waals surface area contributed by atoms with Gasteiger partial charge in [-0.2, -0.15) is 5.10 Å². The highest BCUT2D eigenvalue weighted by molar-refractivity contribution is 7.89. The Balaban J connectivity index is 1.74. The van der Waals surface area contributed by atoms with Crippen molar-refractivity contribution in [2.45, 2.75) is 33.1 Å². The molecular weight excluding hydrogens is 298 g/mol. The van der Waals surface area contributed by atoms with Gasteiger partial charge < -0.3 is 0 Å². The van der Waals surface area contributed by atoms with E-state index in [-0.39, 0.29) is 5.75 Å².